The van der Waals surface area contributed by atoms with Crippen molar-refractivity contribution >= 4 is 40.8 Å². The molecule has 41 heavy (non-hydrogen) atoms. The van der Waals surface area contributed by atoms with Crippen molar-refractivity contribution in [2.24, 2.45) is 11.7 Å². The van der Waals surface area contributed by atoms with E-state index < -0.39 is 47.9 Å². The van der Waals surface area contributed by atoms with Gasteiger partial charge < -0.3 is 51.7 Å². The third-order valence-electron chi connectivity index (χ3n) is 5.78. The van der Waals surface area contributed by atoms with Crippen molar-refractivity contribution in [3.63, 3.8) is 0 Å². The first-order valence-corrected chi connectivity index (χ1v) is 11.9. The fraction of sp³-hybridized carbons (Fsp3) is 0.360. The number of nitrogens with zero attached hydrogens (tertiary/aromatic N) is 1. The molecule has 0 bridgehead atoms. The molecule has 8 N–H and O–H groups in total. The van der Waals surface area contributed by atoms with Crippen LogP contribution in [0.15, 0.2) is 35.3 Å². The third-order valence-corrected chi connectivity index (χ3v) is 5.78. The predicted molar refractivity (Wildman–Crippen MR) is 136 cm³/mol. The van der Waals surface area contributed by atoms with Crippen LogP contribution in [0, 0.1) is 5.92 Å². The number of carbonyl (C=O) groups excluding carboxylic acids is 3. The van der Waals surface area contributed by atoms with E-state index in [9.17, 15) is 34.2 Å². The molecule has 210 valence electrons. The van der Waals surface area contributed by atoms with Gasteiger partial charge in [0.2, 0.25) is 5.95 Å². The fourth-order valence-corrected chi connectivity index (χ4v) is 3.47. The molecule has 1 amide bonds. The maximum absolute atomic E-state index is 12.2. The summed E-state index contributed by atoms with van der Waals surface area (Å²) < 4.78 is 0. The molecular weight excluding hydrogens is 558 g/mol. The molecule has 2 atom stereocenters. The van der Waals surface area contributed by atoms with E-state index in [1.165, 1.54) is 12.1 Å². The summed E-state index contributed by atoms with van der Waals surface area (Å²) in [7, 11) is 0. The molecular formula is C25H30N6Na2O8. The zero-order valence-electron chi connectivity index (χ0n) is 23.4. The number of carboxylic acids is 3. The standard InChI is InChI=1S/C20H21N5O6.C5H11NO2.2Na/c21-20-24-16-15(18(29)25-20)12(9-22-16)6-3-10-1-4-11(5-2-10)17(28)23-13(19(30)31)7-8-14(26)27;1-3(2)4(6)5(7)8;;/h1-2,4-5,9,13H,3,6-8H2,(H,23,28)(H,26,27)(H,30,31)(H4,21,22,24,25,29);3-4H,6H2,1-2H3,(H,7,8);;/q;;2*+1/p-2/t13-;4-;;/m00../s1. The molecule has 0 spiro atoms. The van der Waals surface area contributed by atoms with Crippen molar-refractivity contribution in [3.05, 3.63) is 57.5 Å². The molecule has 3 rings (SSSR count). The van der Waals surface area contributed by atoms with Gasteiger partial charge in [0.1, 0.15) is 11.7 Å². The minimum Gasteiger partial charge on any atom is -0.550 e. The molecule has 0 radical (unpaired) electrons. The predicted octanol–water partition coefficient (Wildman–Crippen LogP) is -7.94. The van der Waals surface area contributed by atoms with Crippen molar-refractivity contribution in [2.45, 2.75) is 51.6 Å². The van der Waals surface area contributed by atoms with E-state index in [-0.39, 0.29) is 83.0 Å². The topological polar surface area (TPSA) is 260 Å². The number of hydrogen-bond donors (Lipinski definition) is 6. The van der Waals surface area contributed by atoms with Crippen molar-refractivity contribution in [1.29, 1.82) is 0 Å². The number of aromatic amines is 2. The van der Waals surface area contributed by atoms with Crippen LogP contribution >= 0.6 is 0 Å². The quantitative estimate of drug-likeness (QED) is 0.115. The Morgan fingerprint density at radius 1 is 1.07 bits per heavy atom. The Morgan fingerprint density at radius 3 is 2.17 bits per heavy atom. The average Bonchev–Trinajstić information content (AvgIpc) is 3.27. The van der Waals surface area contributed by atoms with Gasteiger partial charge in [-0.15, -0.1) is 0 Å². The maximum Gasteiger partial charge on any atom is 1.00 e. The number of H-pyrrole nitrogens is 2. The Kier molecular flexibility index (Phi) is 16.8. The molecule has 0 aliphatic heterocycles. The monoisotopic (exact) mass is 588 g/mol. The van der Waals surface area contributed by atoms with Gasteiger partial charge in [0, 0.05) is 17.7 Å². The van der Waals surface area contributed by atoms with Gasteiger partial charge in [-0.05, 0) is 54.9 Å². The molecule has 0 fully saturated rings. The van der Waals surface area contributed by atoms with E-state index in [0.717, 1.165) is 11.1 Å². The number of aromatic nitrogens is 3. The van der Waals surface area contributed by atoms with Crippen molar-refractivity contribution in [1.82, 2.24) is 20.3 Å². The summed E-state index contributed by atoms with van der Waals surface area (Å²) in [5.74, 6) is -4.53. The number of rotatable bonds is 11. The van der Waals surface area contributed by atoms with Crippen molar-refractivity contribution in [3.8, 4) is 0 Å². The van der Waals surface area contributed by atoms with Crippen LogP contribution in [0.4, 0.5) is 5.95 Å². The van der Waals surface area contributed by atoms with Gasteiger partial charge in [0.25, 0.3) is 11.5 Å². The first-order valence-electron chi connectivity index (χ1n) is 11.9. The Bertz CT molecular complexity index is 1390. The molecule has 16 heteroatoms. The number of carbonyl (C=O) groups is 4. The second-order valence-corrected chi connectivity index (χ2v) is 9.05. The van der Waals surface area contributed by atoms with E-state index in [1.54, 1.807) is 32.2 Å². The van der Waals surface area contributed by atoms with E-state index in [2.05, 4.69) is 20.3 Å². The van der Waals surface area contributed by atoms with Gasteiger partial charge in [0.05, 0.1) is 17.4 Å². The molecule has 2 aromatic heterocycles. The van der Waals surface area contributed by atoms with Gasteiger partial charge in [-0.3, -0.25) is 14.4 Å². The maximum atomic E-state index is 12.2. The molecule has 1 aromatic carbocycles. The normalized spacial score (nSPS) is 11.7. The summed E-state index contributed by atoms with van der Waals surface area (Å²) in [5.41, 5.74) is 12.6. The van der Waals surface area contributed by atoms with Gasteiger partial charge in [-0.1, -0.05) is 26.0 Å². The first kappa shape index (κ1) is 38.3. The van der Waals surface area contributed by atoms with Crippen molar-refractivity contribution < 1.29 is 93.6 Å². The number of amides is 1. The number of aliphatic carboxylic acids is 3. The smallest absolute Gasteiger partial charge is 0.550 e. The minimum absolute atomic E-state index is 0. The number of nitrogens with two attached hydrogens (primary N) is 2. The molecule has 0 aliphatic carbocycles. The number of nitrogens with one attached hydrogen (secondary N) is 3. The van der Waals surface area contributed by atoms with Crippen LogP contribution in [-0.4, -0.2) is 56.0 Å². The molecule has 14 nitrogen and oxygen atoms in total. The molecule has 0 saturated heterocycles. The first-order chi connectivity index (χ1) is 18.3. The van der Waals surface area contributed by atoms with Gasteiger partial charge in [-0.2, -0.15) is 4.98 Å². The van der Waals surface area contributed by atoms with E-state index in [0.29, 0.717) is 23.9 Å². The third kappa shape index (κ3) is 12.0. The second-order valence-electron chi connectivity index (χ2n) is 9.05. The summed E-state index contributed by atoms with van der Waals surface area (Å²) in [6, 6.07) is 4.32. The number of carboxylic acid groups (broad SMARTS) is 3. The number of aryl methyl sites for hydroxylation is 2. The van der Waals surface area contributed by atoms with Crippen LogP contribution in [-0.2, 0) is 27.2 Å². The Balaban J connectivity index is 0.00000140. The Hall–Kier alpha value is -2.72. The van der Waals surface area contributed by atoms with Crippen LogP contribution in [0.25, 0.3) is 11.0 Å². The summed E-state index contributed by atoms with van der Waals surface area (Å²) in [6.07, 6.45) is 1.97. The summed E-state index contributed by atoms with van der Waals surface area (Å²) >= 11 is 0. The van der Waals surface area contributed by atoms with Crippen LogP contribution in [0.1, 0.15) is 48.2 Å². The summed E-state index contributed by atoms with van der Waals surface area (Å²) in [6.45, 7) is 3.55. The van der Waals surface area contributed by atoms with Crippen LogP contribution in [0.3, 0.4) is 0 Å². The van der Waals surface area contributed by atoms with E-state index in [4.69, 9.17) is 16.6 Å². The van der Waals surface area contributed by atoms with Crippen LogP contribution in [0.2, 0.25) is 0 Å². The molecule has 3 aromatic rings. The molecule has 0 saturated carbocycles. The number of nitrogen functional groups attached to an aromatic ring is 1. The van der Waals surface area contributed by atoms with E-state index in [1.807, 2.05) is 0 Å². The summed E-state index contributed by atoms with van der Waals surface area (Å²) in [5, 5.41) is 32.5. The summed E-state index contributed by atoms with van der Waals surface area (Å²) in [4.78, 5) is 65.4. The van der Waals surface area contributed by atoms with Gasteiger partial charge in [0.15, 0.2) is 0 Å². The second kappa shape index (κ2) is 18.0. The van der Waals surface area contributed by atoms with Gasteiger partial charge >= 0.3 is 65.1 Å². The zero-order valence-corrected chi connectivity index (χ0v) is 27.4. The number of hydrogen-bond acceptors (Lipinski definition) is 10. The van der Waals surface area contributed by atoms with E-state index >= 15 is 0 Å². The Morgan fingerprint density at radius 2 is 1.68 bits per heavy atom. The van der Waals surface area contributed by atoms with Gasteiger partial charge in [-0.25, -0.2) is 0 Å². The Labute approximate surface area is 279 Å². The average molecular weight is 589 g/mol. The SMILES string of the molecule is CC(C)[C@H](N)C(=O)O.Nc1nc(=O)c2c(CCc3ccc(C(=O)N[C@@H](CCC(=O)[O-])C(=O)[O-])cc3)c[nH]c2[nH]1.[Na+].[Na+]. The van der Waals surface area contributed by atoms with Crippen molar-refractivity contribution in [2.75, 3.05) is 5.73 Å². The fourth-order valence-electron chi connectivity index (χ4n) is 3.47. The largest absolute Gasteiger partial charge is 1.00 e. The minimum atomic E-state index is -1.57. The number of benzene rings is 1. The van der Waals surface area contributed by atoms with Crippen LogP contribution < -0.4 is 91.7 Å². The molecule has 2 heterocycles. The number of fused-ring (bicyclic) bond motifs is 1. The molecule has 0 unspecified atom stereocenters. The number of anilines is 1. The molecule has 0 aliphatic rings. The zero-order chi connectivity index (χ0) is 29.3. The van der Waals surface area contributed by atoms with Crippen LogP contribution in [0.5, 0.6) is 0 Å².